The highest BCUT2D eigenvalue weighted by Gasteiger charge is 2.29. The molecule has 1 aromatic heterocycles. The Hall–Kier alpha value is -2.90. The molecule has 1 saturated heterocycles. The Morgan fingerprint density at radius 1 is 1.06 bits per heavy atom. The van der Waals surface area contributed by atoms with E-state index in [0.717, 1.165) is 0 Å². The number of hydrogen-bond donors (Lipinski definition) is 0. The van der Waals surface area contributed by atoms with Crippen LogP contribution in [0.25, 0.3) is 0 Å². The number of anilines is 1. The van der Waals surface area contributed by atoms with Crippen molar-refractivity contribution in [2.75, 3.05) is 24.5 Å². The maximum atomic E-state index is 14.0. The van der Waals surface area contributed by atoms with E-state index in [1.165, 1.54) is 18.5 Å². The number of rotatable bonds is 4. The second kappa shape index (κ2) is 9.08. The molecule has 0 N–H and O–H groups in total. The van der Waals surface area contributed by atoms with Crippen LogP contribution in [0.3, 0.4) is 0 Å². The zero-order chi connectivity index (χ0) is 22.0. The fraction of sp³-hybridized carbons (Fsp3) is 0.227. The molecule has 6 nitrogen and oxygen atoms in total. The Kier molecular flexibility index (Phi) is 6.25. The van der Waals surface area contributed by atoms with Crippen LogP contribution in [-0.4, -0.2) is 46.5 Å². The second-order valence-corrected chi connectivity index (χ2v) is 8.06. The third kappa shape index (κ3) is 4.89. The maximum absolute atomic E-state index is 14.0. The molecule has 4 rings (SSSR count). The topological polar surface area (TPSA) is 58.6 Å². The van der Waals surface area contributed by atoms with Gasteiger partial charge in [-0.2, -0.15) is 0 Å². The van der Waals surface area contributed by atoms with Crippen molar-refractivity contribution in [1.82, 2.24) is 14.9 Å². The van der Waals surface area contributed by atoms with Crippen molar-refractivity contribution >= 4 is 34.9 Å². The Labute approximate surface area is 189 Å². The minimum Gasteiger partial charge on any atom is -0.436 e. The number of halogens is 3. The number of aromatic nitrogens is 2. The van der Waals surface area contributed by atoms with Crippen LogP contribution < -0.4 is 9.64 Å². The zero-order valence-corrected chi connectivity index (χ0v) is 18.1. The molecule has 0 spiro atoms. The lowest BCUT2D eigenvalue weighted by atomic mass is 10.1. The van der Waals surface area contributed by atoms with Gasteiger partial charge < -0.3 is 14.5 Å². The van der Waals surface area contributed by atoms with Crippen LogP contribution in [0.2, 0.25) is 10.0 Å². The van der Waals surface area contributed by atoms with Gasteiger partial charge in [-0.3, -0.25) is 4.79 Å². The van der Waals surface area contributed by atoms with E-state index in [1.807, 2.05) is 16.7 Å². The summed E-state index contributed by atoms with van der Waals surface area (Å²) in [4.78, 5) is 25.1. The molecule has 31 heavy (non-hydrogen) atoms. The number of ether oxygens (including phenoxy) is 1. The zero-order valence-electron chi connectivity index (χ0n) is 16.6. The predicted molar refractivity (Wildman–Crippen MR) is 118 cm³/mol. The summed E-state index contributed by atoms with van der Waals surface area (Å²) < 4.78 is 19.6. The summed E-state index contributed by atoms with van der Waals surface area (Å²) in [6.07, 6.45) is 1.37. The molecule has 1 unspecified atom stereocenters. The summed E-state index contributed by atoms with van der Waals surface area (Å²) in [6, 6.07) is 12.7. The van der Waals surface area contributed by atoms with Gasteiger partial charge in [0.2, 0.25) is 5.88 Å². The van der Waals surface area contributed by atoms with E-state index in [0.29, 0.717) is 36.0 Å². The van der Waals surface area contributed by atoms with Crippen LogP contribution in [0.4, 0.5) is 10.2 Å². The maximum Gasteiger partial charge on any atom is 0.254 e. The van der Waals surface area contributed by atoms with E-state index in [9.17, 15) is 9.18 Å². The normalized spacial score (nSPS) is 16.3. The van der Waals surface area contributed by atoms with Crippen LogP contribution in [0.5, 0.6) is 11.6 Å². The van der Waals surface area contributed by atoms with E-state index in [1.54, 1.807) is 36.4 Å². The van der Waals surface area contributed by atoms with Crippen molar-refractivity contribution in [1.29, 1.82) is 0 Å². The first kappa shape index (κ1) is 21.3. The van der Waals surface area contributed by atoms with Crippen LogP contribution in [0.1, 0.15) is 17.3 Å². The van der Waals surface area contributed by atoms with Crippen LogP contribution in [0, 0.1) is 5.82 Å². The molecule has 1 aliphatic rings. The quantitative estimate of drug-likeness (QED) is 0.544. The molecule has 0 bridgehead atoms. The van der Waals surface area contributed by atoms with Gasteiger partial charge in [-0.05, 0) is 49.4 Å². The van der Waals surface area contributed by atoms with Crippen LogP contribution in [-0.2, 0) is 0 Å². The lowest BCUT2D eigenvalue weighted by molar-refractivity contribution is 0.0673. The molecular formula is C22H19Cl2FN4O2. The van der Waals surface area contributed by atoms with Crippen molar-refractivity contribution in [2.24, 2.45) is 0 Å². The van der Waals surface area contributed by atoms with Gasteiger partial charge in [0.15, 0.2) is 11.6 Å². The smallest absolute Gasteiger partial charge is 0.254 e. The third-order valence-corrected chi connectivity index (χ3v) is 5.53. The molecule has 1 amide bonds. The SMILES string of the molecule is CC1CN(c2cc(Oc3ccc(Cl)cc3F)ncn2)CCN1C(=O)c1ccc(Cl)cc1. The second-order valence-electron chi connectivity index (χ2n) is 7.19. The first-order chi connectivity index (χ1) is 14.9. The standard InChI is InChI=1S/C22H19Cl2FN4O2/c1-14-12-28(8-9-29(14)22(30)15-2-4-16(23)5-3-15)20-11-21(27-13-26-20)31-19-7-6-17(24)10-18(19)25/h2-7,10-11,13-14H,8-9,12H2,1H3. The molecule has 2 heterocycles. The van der Waals surface area contributed by atoms with Crippen molar-refractivity contribution in [2.45, 2.75) is 13.0 Å². The summed E-state index contributed by atoms with van der Waals surface area (Å²) >= 11 is 11.7. The van der Waals surface area contributed by atoms with E-state index >= 15 is 0 Å². The Morgan fingerprint density at radius 2 is 1.81 bits per heavy atom. The molecule has 1 fully saturated rings. The number of carbonyl (C=O) groups is 1. The molecule has 0 saturated carbocycles. The van der Waals surface area contributed by atoms with E-state index in [2.05, 4.69) is 9.97 Å². The number of carbonyl (C=O) groups excluding carboxylic acids is 1. The molecule has 9 heteroatoms. The number of nitrogens with zero attached hydrogens (tertiary/aromatic N) is 4. The minimum absolute atomic E-state index is 0.0285. The van der Waals surface area contributed by atoms with E-state index in [-0.39, 0.29) is 28.6 Å². The largest absolute Gasteiger partial charge is 0.436 e. The van der Waals surface area contributed by atoms with Crippen molar-refractivity contribution in [3.8, 4) is 11.6 Å². The summed E-state index contributed by atoms with van der Waals surface area (Å²) in [5, 5.41) is 0.878. The van der Waals surface area contributed by atoms with Gasteiger partial charge in [-0.25, -0.2) is 14.4 Å². The van der Waals surface area contributed by atoms with Crippen molar-refractivity contribution in [3.05, 3.63) is 76.3 Å². The summed E-state index contributed by atoms with van der Waals surface area (Å²) in [5.74, 6) is 0.286. The molecule has 0 aliphatic carbocycles. The van der Waals surface area contributed by atoms with Crippen LogP contribution >= 0.6 is 23.2 Å². The molecule has 1 aliphatic heterocycles. The summed E-state index contributed by atoms with van der Waals surface area (Å²) in [5.41, 5.74) is 0.604. The predicted octanol–water partition coefficient (Wildman–Crippen LogP) is 5.07. The van der Waals surface area contributed by atoms with Gasteiger partial charge in [0, 0.05) is 47.4 Å². The molecule has 2 aromatic carbocycles. The number of piperazine rings is 1. The number of amides is 1. The minimum atomic E-state index is -0.574. The molecule has 0 radical (unpaired) electrons. The number of benzene rings is 2. The summed E-state index contributed by atoms with van der Waals surface area (Å²) in [6.45, 7) is 3.71. The first-order valence-corrected chi connectivity index (χ1v) is 10.4. The van der Waals surface area contributed by atoms with Crippen LogP contribution in [0.15, 0.2) is 54.9 Å². The van der Waals surface area contributed by atoms with Gasteiger partial charge in [0.25, 0.3) is 5.91 Å². The lowest BCUT2D eigenvalue weighted by Crippen LogP contribution is -2.54. The van der Waals surface area contributed by atoms with Gasteiger partial charge in [0.05, 0.1) is 0 Å². The highest BCUT2D eigenvalue weighted by molar-refractivity contribution is 6.30. The average Bonchev–Trinajstić information content (AvgIpc) is 2.76. The monoisotopic (exact) mass is 460 g/mol. The Morgan fingerprint density at radius 3 is 2.52 bits per heavy atom. The molecule has 3 aromatic rings. The highest BCUT2D eigenvalue weighted by Crippen LogP contribution is 2.28. The molecular weight excluding hydrogens is 442 g/mol. The fourth-order valence-electron chi connectivity index (χ4n) is 3.45. The third-order valence-electron chi connectivity index (χ3n) is 5.04. The Bertz CT molecular complexity index is 1100. The van der Waals surface area contributed by atoms with Crippen molar-refractivity contribution in [3.63, 3.8) is 0 Å². The average molecular weight is 461 g/mol. The first-order valence-electron chi connectivity index (χ1n) is 9.67. The molecule has 1 atom stereocenters. The summed E-state index contributed by atoms with van der Waals surface area (Å²) in [7, 11) is 0. The van der Waals surface area contributed by atoms with Gasteiger partial charge >= 0.3 is 0 Å². The highest BCUT2D eigenvalue weighted by atomic mass is 35.5. The van der Waals surface area contributed by atoms with Crippen molar-refractivity contribution < 1.29 is 13.9 Å². The number of hydrogen-bond acceptors (Lipinski definition) is 5. The van der Waals surface area contributed by atoms with Gasteiger partial charge in [-0.15, -0.1) is 0 Å². The fourth-order valence-corrected chi connectivity index (χ4v) is 3.74. The Balaban J connectivity index is 1.45. The lowest BCUT2D eigenvalue weighted by Gasteiger charge is -2.40. The molecule has 160 valence electrons. The van der Waals surface area contributed by atoms with E-state index < -0.39 is 5.82 Å². The van der Waals surface area contributed by atoms with Gasteiger partial charge in [-0.1, -0.05) is 23.2 Å². The van der Waals surface area contributed by atoms with Gasteiger partial charge in [0.1, 0.15) is 12.1 Å². The van der Waals surface area contributed by atoms with E-state index in [4.69, 9.17) is 27.9 Å².